The number of rotatable bonds is 2. The van der Waals surface area contributed by atoms with Crippen molar-refractivity contribution in [2.75, 3.05) is 6.26 Å². The third kappa shape index (κ3) is 1.77. The fraction of sp³-hybridized carbons (Fsp3) is 0.625. The summed E-state index contributed by atoms with van der Waals surface area (Å²) in [6.45, 7) is 6.20. The molecule has 0 fully saturated rings. The van der Waals surface area contributed by atoms with Crippen LogP contribution < -0.4 is 0 Å². The first-order chi connectivity index (χ1) is 5.15. The Morgan fingerprint density at radius 2 is 2.09 bits per heavy atom. The van der Waals surface area contributed by atoms with E-state index in [-0.39, 0.29) is 0 Å². The molecule has 0 aliphatic heterocycles. The van der Waals surface area contributed by atoms with Gasteiger partial charge in [0, 0.05) is 5.92 Å². The van der Waals surface area contributed by atoms with Crippen molar-refractivity contribution in [3.8, 4) is 0 Å². The standard InChI is InChI=1S/C8H13NOS/c1-5(2)7-6(3)9-8(10-7)11-4/h5H,1-4H3. The molecule has 0 aromatic carbocycles. The number of aromatic nitrogens is 1. The maximum atomic E-state index is 5.48. The van der Waals surface area contributed by atoms with Crippen LogP contribution in [0.1, 0.15) is 31.2 Å². The van der Waals surface area contributed by atoms with Crippen LogP contribution in [-0.2, 0) is 0 Å². The lowest BCUT2D eigenvalue weighted by Gasteiger charge is -1.98. The summed E-state index contributed by atoms with van der Waals surface area (Å²) in [4.78, 5) is 4.25. The van der Waals surface area contributed by atoms with Gasteiger partial charge in [-0.3, -0.25) is 0 Å². The normalized spacial score (nSPS) is 11.0. The van der Waals surface area contributed by atoms with Crippen molar-refractivity contribution < 1.29 is 4.42 Å². The maximum absolute atomic E-state index is 5.48. The largest absolute Gasteiger partial charge is 0.436 e. The van der Waals surface area contributed by atoms with Crippen molar-refractivity contribution in [3.63, 3.8) is 0 Å². The molecular formula is C8H13NOS. The molecule has 1 aromatic heterocycles. The minimum absolute atomic E-state index is 0.434. The fourth-order valence-electron chi connectivity index (χ4n) is 1.01. The molecule has 3 heteroatoms. The Balaban J connectivity index is 2.97. The van der Waals surface area contributed by atoms with E-state index in [1.54, 1.807) is 11.8 Å². The highest BCUT2D eigenvalue weighted by Gasteiger charge is 2.11. The summed E-state index contributed by atoms with van der Waals surface area (Å²) < 4.78 is 5.48. The zero-order valence-corrected chi connectivity index (χ0v) is 8.16. The Morgan fingerprint density at radius 3 is 2.36 bits per heavy atom. The number of hydrogen-bond donors (Lipinski definition) is 0. The number of aryl methyl sites for hydroxylation is 1. The molecule has 0 N–H and O–H groups in total. The molecular weight excluding hydrogens is 158 g/mol. The molecule has 0 radical (unpaired) electrons. The summed E-state index contributed by atoms with van der Waals surface area (Å²) in [7, 11) is 0. The van der Waals surface area contributed by atoms with Gasteiger partial charge in [-0.2, -0.15) is 0 Å². The molecule has 0 aliphatic carbocycles. The van der Waals surface area contributed by atoms with E-state index in [1.807, 2.05) is 13.2 Å². The lowest BCUT2D eigenvalue weighted by molar-refractivity contribution is 0.402. The second-order valence-electron chi connectivity index (χ2n) is 2.79. The molecule has 2 nitrogen and oxygen atoms in total. The van der Waals surface area contributed by atoms with Crippen LogP contribution in [0.15, 0.2) is 9.64 Å². The maximum Gasteiger partial charge on any atom is 0.255 e. The zero-order valence-electron chi connectivity index (χ0n) is 7.34. The summed E-state index contributed by atoms with van der Waals surface area (Å²) in [5.41, 5.74) is 1.02. The van der Waals surface area contributed by atoms with Gasteiger partial charge >= 0.3 is 0 Å². The van der Waals surface area contributed by atoms with Gasteiger partial charge in [0.05, 0.1) is 5.69 Å². The molecule has 0 saturated carbocycles. The quantitative estimate of drug-likeness (QED) is 0.640. The van der Waals surface area contributed by atoms with Crippen LogP contribution in [-0.4, -0.2) is 11.2 Å². The first-order valence-corrected chi connectivity index (χ1v) is 4.89. The molecule has 1 aromatic rings. The molecule has 62 valence electrons. The summed E-state index contributed by atoms with van der Waals surface area (Å²) >= 11 is 1.54. The van der Waals surface area contributed by atoms with Crippen LogP contribution in [0.3, 0.4) is 0 Å². The Kier molecular flexibility index (Phi) is 2.60. The minimum Gasteiger partial charge on any atom is -0.436 e. The van der Waals surface area contributed by atoms with Gasteiger partial charge in [-0.1, -0.05) is 25.6 Å². The number of oxazole rings is 1. The van der Waals surface area contributed by atoms with Gasteiger partial charge in [-0.05, 0) is 13.2 Å². The molecule has 0 aliphatic rings. The van der Waals surface area contributed by atoms with Crippen molar-refractivity contribution in [3.05, 3.63) is 11.5 Å². The molecule has 11 heavy (non-hydrogen) atoms. The molecule has 0 spiro atoms. The van der Waals surface area contributed by atoms with Crippen molar-refractivity contribution in [1.82, 2.24) is 4.98 Å². The van der Waals surface area contributed by atoms with Crippen molar-refractivity contribution >= 4 is 11.8 Å². The lowest BCUT2D eigenvalue weighted by atomic mass is 10.1. The Hall–Kier alpha value is -0.440. The SMILES string of the molecule is CSc1nc(C)c(C(C)C)o1. The van der Waals surface area contributed by atoms with Crippen LogP contribution in [0.5, 0.6) is 0 Å². The van der Waals surface area contributed by atoms with E-state index in [0.717, 1.165) is 16.7 Å². The van der Waals surface area contributed by atoms with Crippen molar-refractivity contribution in [1.29, 1.82) is 0 Å². The van der Waals surface area contributed by atoms with Gasteiger partial charge in [0.2, 0.25) is 0 Å². The summed E-state index contributed by atoms with van der Waals surface area (Å²) in [5, 5.41) is 0.770. The predicted octanol–water partition coefficient (Wildman–Crippen LogP) is 2.83. The summed E-state index contributed by atoms with van der Waals surface area (Å²) in [6, 6.07) is 0. The second-order valence-corrected chi connectivity index (χ2v) is 3.55. The summed E-state index contributed by atoms with van der Waals surface area (Å²) in [6.07, 6.45) is 1.97. The van der Waals surface area contributed by atoms with E-state index in [0.29, 0.717) is 5.92 Å². The van der Waals surface area contributed by atoms with E-state index in [9.17, 15) is 0 Å². The number of thioether (sulfide) groups is 1. The molecule has 1 heterocycles. The van der Waals surface area contributed by atoms with E-state index in [4.69, 9.17) is 4.42 Å². The first kappa shape index (κ1) is 8.65. The monoisotopic (exact) mass is 171 g/mol. The highest BCUT2D eigenvalue weighted by Crippen LogP contribution is 2.24. The van der Waals surface area contributed by atoms with E-state index in [1.165, 1.54) is 0 Å². The fourth-order valence-corrected chi connectivity index (χ4v) is 1.41. The van der Waals surface area contributed by atoms with Crippen LogP contribution in [0, 0.1) is 6.92 Å². The number of hydrogen-bond acceptors (Lipinski definition) is 3. The van der Waals surface area contributed by atoms with Gasteiger partial charge in [0.1, 0.15) is 5.76 Å². The average Bonchev–Trinajstić information content (AvgIpc) is 2.30. The Labute approximate surface area is 71.4 Å². The van der Waals surface area contributed by atoms with Crippen LogP contribution in [0.4, 0.5) is 0 Å². The summed E-state index contributed by atoms with van der Waals surface area (Å²) in [5.74, 6) is 1.44. The molecule has 0 bridgehead atoms. The molecule has 1 rings (SSSR count). The highest BCUT2D eigenvalue weighted by atomic mass is 32.2. The molecule has 0 saturated heterocycles. The van der Waals surface area contributed by atoms with Crippen LogP contribution >= 0.6 is 11.8 Å². The average molecular weight is 171 g/mol. The van der Waals surface area contributed by atoms with E-state index >= 15 is 0 Å². The lowest BCUT2D eigenvalue weighted by Crippen LogP contribution is -1.86. The van der Waals surface area contributed by atoms with E-state index in [2.05, 4.69) is 18.8 Å². The molecule has 0 amide bonds. The minimum atomic E-state index is 0.434. The topological polar surface area (TPSA) is 26.0 Å². The van der Waals surface area contributed by atoms with Crippen LogP contribution in [0.25, 0.3) is 0 Å². The van der Waals surface area contributed by atoms with Crippen molar-refractivity contribution in [2.45, 2.75) is 31.9 Å². The van der Waals surface area contributed by atoms with Gasteiger partial charge < -0.3 is 4.42 Å². The Bertz CT molecular complexity index is 242. The number of nitrogens with zero attached hydrogens (tertiary/aromatic N) is 1. The third-order valence-electron chi connectivity index (χ3n) is 1.51. The van der Waals surface area contributed by atoms with Crippen molar-refractivity contribution in [2.24, 2.45) is 0 Å². The van der Waals surface area contributed by atoms with Crippen LogP contribution in [0.2, 0.25) is 0 Å². The van der Waals surface area contributed by atoms with Gasteiger partial charge in [-0.25, -0.2) is 4.98 Å². The second kappa shape index (κ2) is 3.30. The van der Waals surface area contributed by atoms with Gasteiger partial charge in [0.15, 0.2) is 0 Å². The van der Waals surface area contributed by atoms with E-state index < -0.39 is 0 Å². The molecule has 0 unspecified atom stereocenters. The zero-order chi connectivity index (χ0) is 8.43. The third-order valence-corrected chi connectivity index (χ3v) is 2.04. The first-order valence-electron chi connectivity index (χ1n) is 3.66. The molecule has 0 atom stereocenters. The van der Waals surface area contributed by atoms with Gasteiger partial charge in [0.25, 0.3) is 5.22 Å². The van der Waals surface area contributed by atoms with Gasteiger partial charge in [-0.15, -0.1) is 0 Å². The Morgan fingerprint density at radius 1 is 1.45 bits per heavy atom. The smallest absolute Gasteiger partial charge is 0.255 e. The predicted molar refractivity (Wildman–Crippen MR) is 47.1 cm³/mol. The highest BCUT2D eigenvalue weighted by molar-refractivity contribution is 7.98.